The van der Waals surface area contributed by atoms with Gasteiger partial charge in [-0.1, -0.05) is 27.7 Å². The Kier molecular flexibility index (Phi) is 4.82. The van der Waals surface area contributed by atoms with Gasteiger partial charge in [-0.15, -0.1) is 0 Å². The zero-order valence-corrected chi connectivity index (χ0v) is 11.3. The summed E-state index contributed by atoms with van der Waals surface area (Å²) < 4.78 is 0. The van der Waals surface area contributed by atoms with Gasteiger partial charge in [-0.2, -0.15) is 0 Å². The van der Waals surface area contributed by atoms with Crippen LogP contribution >= 0.6 is 0 Å². The molecule has 2 aliphatic rings. The fourth-order valence-corrected chi connectivity index (χ4v) is 3.05. The lowest BCUT2D eigenvalue weighted by molar-refractivity contribution is -0.129. The molecule has 1 saturated heterocycles. The van der Waals surface area contributed by atoms with Crippen LogP contribution in [0.1, 0.15) is 59.8 Å². The molecule has 1 N–H and O–H groups in total. The molecule has 94 valence electrons. The van der Waals surface area contributed by atoms with Crippen LogP contribution in [0.25, 0.3) is 0 Å². The van der Waals surface area contributed by atoms with E-state index >= 15 is 0 Å². The summed E-state index contributed by atoms with van der Waals surface area (Å²) in [5, 5.41) is 2.99. The molecular weight excluding hydrogens is 198 g/mol. The van der Waals surface area contributed by atoms with E-state index in [0.717, 1.165) is 37.6 Å². The molecule has 0 atom stereocenters. The van der Waals surface area contributed by atoms with Crippen molar-refractivity contribution in [1.82, 2.24) is 5.32 Å². The lowest BCUT2D eigenvalue weighted by atomic mass is 9.67. The molecule has 2 fully saturated rings. The monoisotopic (exact) mass is 225 g/mol. The number of carbonyl (C=O) groups is 1. The predicted molar refractivity (Wildman–Crippen MR) is 68.2 cm³/mol. The summed E-state index contributed by atoms with van der Waals surface area (Å²) in [5.74, 6) is 1.98. The van der Waals surface area contributed by atoms with Gasteiger partial charge in [-0.25, -0.2) is 0 Å². The van der Waals surface area contributed by atoms with Gasteiger partial charge in [0.15, 0.2) is 0 Å². The molecule has 0 unspecified atom stereocenters. The second kappa shape index (κ2) is 5.70. The molecule has 0 aromatic rings. The first-order chi connectivity index (χ1) is 7.64. The van der Waals surface area contributed by atoms with Crippen LogP contribution in [0.2, 0.25) is 0 Å². The highest BCUT2D eigenvalue weighted by molar-refractivity contribution is 5.84. The van der Waals surface area contributed by atoms with Crippen molar-refractivity contribution >= 4 is 5.91 Å². The van der Waals surface area contributed by atoms with Gasteiger partial charge in [-0.3, -0.25) is 4.79 Å². The standard InChI is InChI=1S/C12H21NO.C2H6/c1-9(2)10-3-5-12(6-4-10)7-8-13-11(12)14;1-2/h9-10H,3-8H2,1-2H3,(H,13,14);1-2H3. The molecule has 16 heavy (non-hydrogen) atoms. The van der Waals surface area contributed by atoms with E-state index in [1.807, 2.05) is 13.8 Å². The molecule has 1 aliphatic heterocycles. The van der Waals surface area contributed by atoms with Crippen molar-refractivity contribution in [2.24, 2.45) is 17.3 Å². The fraction of sp³-hybridized carbons (Fsp3) is 0.929. The first-order valence-electron chi connectivity index (χ1n) is 6.92. The summed E-state index contributed by atoms with van der Waals surface area (Å²) in [4.78, 5) is 11.7. The van der Waals surface area contributed by atoms with E-state index in [0.29, 0.717) is 5.91 Å². The van der Waals surface area contributed by atoms with Crippen molar-refractivity contribution in [2.45, 2.75) is 59.8 Å². The van der Waals surface area contributed by atoms with E-state index in [9.17, 15) is 4.79 Å². The van der Waals surface area contributed by atoms with Crippen molar-refractivity contribution < 1.29 is 4.79 Å². The third-order valence-corrected chi connectivity index (χ3v) is 4.30. The van der Waals surface area contributed by atoms with Crippen molar-refractivity contribution in [3.05, 3.63) is 0 Å². The number of hydrogen-bond donors (Lipinski definition) is 1. The number of rotatable bonds is 1. The predicted octanol–water partition coefficient (Wildman–Crippen LogP) is 3.37. The highest BCUT2D eigenvalue weighted by Crippen LogP contribution is 2.45. The van der Waals surface area contributed by atoms with Crippen LogP contribution in [0.5, 0.6) is 0 Å². The molecule has 2 nitrogen and oxygen atoms in total. The Hall–Kier alpha value is -0.530. The van der Waals surface area contributed by atoms with E-state index in [2.05, 4.69) is 19.2 Å². The molecule has 1 aliphatic carbocycles. The molecule has 0 aromatic heterocycles. The summed E-state index contributed by atoms with van der Waals surface area (Å²) in [6.45, 7) is 9.51. The van der Waals surface area contributed by atoms with Gasteiger partial charge >= 0.3 is 0 Å². The third-order valence-electron chi connectivity index (χ3n) is 4.30. The molecule has 0 radical (unpaired) electrons. The minimum absolute atomic E-state index is 0.0470. The van der Waals surface area contributed by atoms with Gasteiger partial charge in [0.1, 0.15) is 0 Å². The third kappa shape index (κ3) is 2.58. The normalized spacial score (nSPS) is 33.6. The molecule has 0 bridgehead atoms. The number of hydrogen-bond acceptors (Lipinski definition) is 1. The maximum absolute atomic E-state index is 11.7. The van der Waals surface area contributed by atoms with Gasteiger partial charge in [0, 0.05) is 6.54 Å². The zero-order chi connectivity index (χ0) is 12.2. The van der Waals surface area contributed by atoms with Crippen LogP contribution in [0.4, 0.5) is 0 Å². The van der Waals surface area contributed by atoms with Crippen LogP contribution in [0.3, 0.4) is 0 Å². The van der Waals surface area contributed by atoms with Gasteiger partial charge in [-0.05, 0) is 43.9 Å². The molecule has 0 aromatic carbocycles. The molecule has 1 saturated carbocycles. The van der Waals surface area contributed by atoms with Gasteiger partial charge in [0.25, 0.3) is 0 Å². The van der Waals surface area contributed by atoms with E-state index in [1.54, 1.807) is 0 Å². The Morgan fingerprint density at radius 2 is 1.75 bits per heavy atom. The topological polar surface area (TPSA) is 29.1 Å². The number of carbonyl (C=O) groups excluding carboxylic acids is 1. The van der Waals surface area contributed by atoms with Crippen LogP contribution in [0, 0.1) is 17.3 Å². The largest absolute Gasteiger partial charge is 0.356 e. The fourth-order valence-electron chi connectivity index (χ4n) is 3.05. The molecule has 2 rings (SSSR count). The van der Waals surface area contributed by atoms with Gasteiger partial charge < -0.3 is 5.32 Å². The van der Waals surface area contributed by atoms with Gasteiger partial charge in [0.2, 0.25) is 5.91 Å². The zero-order valence-electron chi connectivity index (χ0n) is 11.3. The second-order valence-electron chi connectivity index (χ2n) is 5.37. The van der Waals surface area contributed by atoms with E-state index < -0.39 is 0 Å². The lowest BCUT2D eigenvalue weighted by Gasteiger charge is -2.36. The summed E-state index contributed by atoms with van der Waals surface area (Å²) in [7, 11) is 0. The number of amides is 1. The van der Waals surface area contributed by atoms with Crippen LogP contribution in [-0.4, -0.2) is 12.5 Å². The van der Waals surface area contributed by atoms with Crippen molar-refractivity contribution in [2.75, 3.05) is 6.54 Å². The Balaban J connectivity index is 0.000000606. The van der Waals surface area contributed by atoms with Crippen LogP contribution in [-0.2, 0) is 4.79 Å². The minimum atomic E-state index is 0.0470. The van der Waals surface area contributed by atoms with E-state index in [1.165, 1.54) is 12.8 Å². The molecule has 1 heterocycles. The average molecular weight is 225 g/mol. The molecule has 2 heteroatoms. The van der Waals surface area contributed by atoms with E-state index in [4.69, 9.17) is 0 Å². The van der Waals surface area contributed by atoms with Crippen molar-refractivity contribution in [3.63, 3.8) is 0 Å². The Labute approximate surface area is 100 Å². The first-order valence-corrected chi connectivity index (χ1v) is 6.92. The maximum Gasteiger partial charge on any atom is 0.226 e. The Morgan fingerprint density at radius 3 is 2.12 bits per heavy atom. The quantitative estimate of drug-likeness (QED) is 0.728. The first kappa shape index (κ1) is 13.5. The lowest BCUT2D eigenvalue weighted by Crippen LogP contribution is -2.35. The highest BCUT2D eigenvalue weighted by Gasteiger charge is 2.44. The number of nitrogens with one attached hydrogen (secondary N) is 1. The maximum atomic E-state index is 11.7. The Bertz CT molecular complexity index is 227. The summed E-state index contributed by atoms with van der Waals surface area (Å²) in [6.07, 6.45) is 5.84. The van der Waals surface area contributed by atoms with Crippen LogP contribution in [0.15, 0.2) is 0 Å². The van der Waals surface area contributed by atoms with Gasteiger partial charge in [0.05, 0.1) is 5.41 Å². The molecule has 1 amide bonds. The van der Waals surface area contributed by atoms with Crippen molar-refractivity contribution in [1.29, 1.82) is 0 Å². The minimum Gasteiger partial charge on any atom is -0.356 e. The summed E-state index contributed by atoms with van der Waals surface area (Å²) >= 11 is 0. The smallest absolute Gasteiger partial charge is 0.226 e. The summed E-state index contributed by atoms with van der Waals surface area (Å²) in [5.41, 5.74) is 0.0470. The van der Waals surface area contributed by atoms with Crippen molar-refractivity contribution in [3.8, 4) is 0 Å². The second-order valence-corrected chi connectivity index (χ2v) is 5.37. The SMILES string of the molecule is CC.CC(C)C1CCC2(CCNC2=O)CC1. The average Bonchev–Trinajstić information content (AvgIpc) is 2.64. The van der Waals surface area contributed by atoms with E-state index in [-0.39, 0.29) is 5.41 Å². The molecule has 1 spiro atoms. The summed E-state index contributed by atoms with van der Waals surface area (Å²) in [6, 6.07) is 0. The molecular formula is C14H27NO. The Morgan fingerprint density at radius 1 is 1.19 bits per heavy atom. The highest BCUT2D eigenvalue weighted by atomic mass is 16.2. The van der Waals surface area contributed by atoms with Crippen LogP contribution < -0.4 is 5.32 Å².